The summed E-state index contributed by atoms with van der Waals surface area (Å²) in [6, 6.07) is 4.60. The van der Waals surface area contributed by atoms with E-state index in [0.717, 1.165) is 19.4 Å². The predicted octanol–water partition coefficient (Wildman–Crippen LogP) is 2.04. The largest absolute Gasteiger partial charge is 0.313 e. The van der Waals surface area contributed by atoms with Crippen molar-refractivity contribution in [3.63, 3.8) is 0 Å². The molecule has 128 valence electrons. The Balaban J connectivity index is 1.50. The molecule has 3 rings (SSSR count). The second-order valence-corrected chi connectivity index (χ2v) is 8.88. The van der Waals surface area contributed by atoms with E-state index in [1.807, 2.05) is 12.3 Å². The van der Waals surface area contributed by atoms with E-state index in [9.17, 15) is 8.42 Å². The van der Waals surface area contributed by atoms with E-state index >= 15 is 0 Å². The Labute approximate surface area is 139 Å². The van der Waals surface area contributed by atoms with Crippen LogP contribution in [0.5, 0.6) is 0 Å². The van der Waals surface area contributed by atoms with Crippen molar-refractivity contribution >= 4 is 10.0 Å². The van der Waals surface area contributed by atoms with E-state index in [4.69, 9.17) is 0 Å². The average Bonchev–Trinajstić information content (AvgIpc) is 2.87. The summed E-state index contributed by atoms with van der Waals surface area (Å²) >= 11 is 0. The van der Waals surface area contributed by atoms with Crippen LogP contribution in [0.15, 0.2) is 18.3 Å². The summed E-state index contributed by atoms with van der Waals surface area (Å²) in [5.74, 6) is 0.843. The van der Waals surface area contributed by atoms with Gasteiger partial charge in [-0.2, -0.15) is 0 Å². The number of pyridine rings is 1. The lowest BCUT2D eigenvalue weighted by Crippen LogP contribution is -2.39. The van der Waals surface area contributed by atoms with Gasteiger partial charge >= 0.3 is 0 Å². The minimum absolute atomic E-state index is 0.317. The molecule has 1 N–H and O–H groups in total. The Morgan fingerprint density at radius 2 is 2.22 bits per heavy atom. The normalized spacial score (nSPS) is 28.0. The number of nitrogens with zero attached hydrogens (tertiary/aromatic N) is 2. The van der Waals surface area contributed by atoms with E-state index < -0.39 is 10.0 Å². The summed E-state index contributed by atoms with van der Waals surface area (Å²) in [6.45, 7) is 4.17. The summed E-state index contributed by atoms with van der Waals surface area (Å²) in [4.78, 5) is 4.58. The van der Waals surface area contributed by atoms with Gasteiger partial charge in [0.05, 0.1) is 5.75 Å². The van der Waals surface area contributed by atoms with Crippen LogP contribution in [0, 0.1) is 6.92 Å². The van der Waals surface area contributed by atoms with Crippen LogP contribution >= 0.6 is 0 Å². The summed E-state index contributed by atoms with van der Waals surface area (Å²) < 4.78 is 25.2. The highest BCUT2D eigenvalue weighted by Gasteiger charge is 2.28. The van der Waals surface area contributed by atoms with Crippen LogP contribution in [0.25, 0.3) is 0 Å². The number of sulfonamides is 1. The lowest BCUT2D eigenvalue weighted by Gasteiger charge is -2.30. The van der Waals surface area contributed by atoms with Crippen LogP contribution in [0.4, 0.5) is 0 Å². The minimum atomic E-state index is -2.97. The zero-order chi connectivity index (χ0) is 16.3. The molecule has 1 saturated heterocycles. The maximum atomic E-state index is 11.8. The van der Waals surface area contributed by atoms with Crippen molar-refractivity contribution in [3.05, 3.63) is 29.6 Å². The smallest absolute Gasteiger partial charge is 0.214 e. The molecule has 1 aromatic heterocycles. The van der Waals surface area contributed by atoms with Crippen molar-refractivity contribution in [3.8, 4) is 0 Å². The third kappa shape index (κ3) is 4.11. The van der Waals surface area contributed by atoms with Gasteiger partial charge in [-0.1, -0.05) is 12.5 Å². The van der Waals surface area contributed by atoms with E-state index in [1.165, 1.54) is 30.5 Å². The number of nitrogens with one attached hydrogen (secondary N) is 1. The first-order valence-electron chi connectivity index (χ1n) is 8.69. The van der Waals surface area contributed by atoms with Crippen LogP contribution in [0.2, 0.25) is 0 Å². The molecule has 5 nitrogen and oxygen atoms in total. The van der Waals surface area contributed by atoms with Gasteiger partial charge in [-0.3, -0.25) is 4.98 Å². The highest BCUT2D eigenvalue weighted by Crippen LogP contribution is 2.33. The monoisotopic (exact) mass is 337 g/mol. The summed E-state index contributed by atoms with van der Waals surface area (Å²) in [5.41, 5.74) is 2.52. The third-order valence-corrected chi connectivity index (χ3v) is 7.06. The lowest BCUT2D eigenvalue weighted by molar-refractivity contribution is 0.324. The quantitative estimate of drug-likeness (QED) is 0.893. The van der Waals surface area contributed by atoms with Gasteiger partial charge in [0, 0.05) is 43.5 Å². The SMILES string of the molecule is Cc1cccnc1[C@H]1CCC[C@@H](NCCN2CCCS2(=O)=O)C1. The molecule has 23 heavy (non-hydrogen) atoms. The highest BCUT2D eigenvalue weighted by molar-refractivity contribution is 7.89. The highest BCUT2D eigenvalue weighted by atomic mass is 32.2. The molecule has 1 aliphatic heterocycles. The van der Waals surface area contributed by atoms with E-state index in [-0.39, 0.29) is 0 Å². The van der Waals surface area contributed by atoms with Crippen LogP contribution in [0.1, 0.15) is 49.3 Å². The first kappa shape index (κ1) is 16.9. The number of hydrogen-bond acceptors (Lipinski definition) is 4. The topological polar surface area (TPSA) is 62.3 Å². The Hall–Kier alpha value is -0.980. The van der Waals surface area contributed by atoms with E-state index in [0.29, 0.717) is 30.8 Å². The van der Waals surface area contributed by atoms with Gasteiger partial charge in [-0.25, -0.2) is 12.7 Å². The first-order chi connectivity index (χ1) is 11.1. The average molecular weight is 337 g/mol. The van der Waals surface area contributed by atoms with Gasteiger partial charge in [0.1, 0.15) is 0 Å². The van der Waals surface area contributed by atoms with Gasteiger partial charge in [0.2, 0.25) is 10.0 Å². The molecule has 1 aliphatic carbocycles. The summed E-state index contributed by atoms with van der Waals surface area (Å²) in [7, 11) is -2.97. The van der Waals surface area contributed by atoms with Crippen molar-refractivity contribution in [1.29, 1.82) is 0 Å². The van der Waals surface area contributed by atoms with Gasteiger partial charge in [-0.15, -0.1) is 0 Å². The molecule has 1 saturated carbocycles. The second kappa shape index (κ2) is 7.28. The number of hydrogen-bond donors (Lipinski definition) is 1. The molecule has 0 radical (unpaired) electrons. The predicted molar refractivity (Wildman–Crippen MR) is 92.0 cm³/mol. The second-order valence-electron chi connectivity index (χ2n) is 6.79. The Bertz CT molecular complexity index is 632. The van der Waals surface area contributed by atoms with Crippen LogP contribution in [-0.2, 0) is 10.0 Å². The standard InChI is InChI=1S/C17H27N3O2S/c1-14-5-3-8-19-17(14)15-6-2-7-16(13-15)18-9-11-20-10-4-12-23(20,21)22/h3,5,8,15-16,18H,2,4,6-7,9-13H2,1H3/t15-,16+/m0/s1. The van der Waals surface area contributed by atoms with Crippen LogP contribution in [0.3, 0.4) is 0 Å². The van der Waals surface area contributed by atoms with E-state index in [2.05, 4.69) is 23.3 Å². The van der Waals surface area contributed by atoms with Gasteiger partial charge in [0.15, 0.2) is 0 Å². The molecule has 0 amide bonds. The van der Waals surface area contributed by atoms with Crippen molar-refractivity contribution in [2.75, 3.05) is 25.4 Å². The third-order valence-electron chi connectivity index (χ3n) is 5.11. The molecule has 6 heteroatoms. The number of aromatic nitrogens is 1. The minimum Gasteiger partial charge on any atom is -0.313 e. The number of aryl methyl sites for hydroxylation is 1. The molecule has 0 aromatic carbocycles. The molecule has 2 heterocycles. The zero-order valence-electron chi connectivity index (χ0n) is 13.9. The molecule has 0 spiro atoms. The van der Waals surface area contributed by atoms with Gasteiger partial charge in [0.25, 0.3) is 0 Å². The first-order valence-corrected chi connectivity index (χ1v) is 10.3. The van der Waals surface area contributed by atoms with Gasteiger partial charge < -0.3 is 5.32 Å². The fourth-order valence-corrected chi connectivity index (χ4v) is 5.41. The molecule has 2 atom stereocenters. The Morgan fingerprint density at radius 1 is 1.35 bits per heavy atom. The van der Waals surface area contributed by atoms with Crippen molar-refractivity contribution in [2.24, 2.45) is 0 Å². The summed E-state index contributed by atoms with van der Waals surface area (Å²) in [5, 5.41) is 3.57. The van der Waals surface area contributed by atoms with Crippen molar-refractivity contribution in [2.45, 2.75) is 51.0 Å². The molecule has 0 unspecified atom stereocenters. The van der Waals surface area contributed by atoms with Crippen LogP contribution < -0.4 is 5.32 Å². The Kier molecular flexibility index (Phi) is 5.34. The molecular formula is C17H27N3O2S. The molecule has 0 bridgehead atoms. The molecule has 2 fully saturated rings. The molecule has 2 aliphatic rings. The maximum Gasteiger partial charge on any atom is 0.214 e. The van der Waals surface area contributed by atoms with Crippen LogP contribution in [-0.4, -0.2) is 49.1 Å². The molecule has 1 aromatic rings. The maximum absolute atomic E-state index is 11.8. The van der Waals surface area contributed by atoms with Crippen molar-refractivity contribution in [1.82, 2.24) is 14.6 Å². The summed E-state index contributed by atoms with van der Waals surface area (Å²) in [6.07, 6.45) is 7.35. The fourth-order valence-electron chi connectivity index (χ4n) is 3.88. The molecular weight excluding hydrogens is 310 g/mol. The Morgan fingerprint density at radius 3 is 2.96 bits per heavy atom. The fraction of sp³-hybridized carbons (Fsp3) is 0.706. The lowest BCUT2D eigenvalue weighted by atomic mass is 9.82. The van der Waals surface area contributed by atoms with Crippen molar-refractivity contribution < 1.29 is 8.42 Å². The number of rotatable bonds is 5. The van der Waals surface area contributed by atoms with E-state index in [1.54, 1.807) is 4.31 Å². The van der Waals surface area contributed by atoms with Gasteiger partial charge in [-0.05, 0) is 44.2 Å². The zero-order valence-corrected chi connectivity index (χ0v) is 14.7.